The Morgan fingerprint density at radius 3 is 2.41 bits per heavy atom. The summed E-state index contributed by atoms with van der Waals surface area (Å²) in [5.74, 6) is -0.0404. The summed E-state index contributed by atoms with van der Waals surface area (Å²) in [7, 11) is 0. The number of Topliss-reactive ketones (excluding diaryl/α,β-unsaturated/α-hetero) is 2. The highest BCUT2D eigenvalue weighted by Gasteiger charge is 2.28. The van der Waals surface area contributed by atoms with Crippen molar-refractivity contribution in [3.8, 4) is 0 Å². The van der Waals surface area contributed by atoms with Gasteiger partial charge in [0.15, 0.2) is 11.6 Å². The molecule has 1 aliphatic carbocycles. The Hall–Kier alpha value is -1.88. The van der Waals surface area contributed by atoms with Crippen LogP contribution < -0.4 is 0 Å². The van der Waals surface area contributed by atoms with Crippen molar-refractivity contribution in [2.24, 2.45) is 0 Å². The highest BCUT2D eigenvalue weighted by Crippen LogP contribution is 2.28. The average molecular weight is 318 g/mol. The zero-order chi connectivity index (χ0) is 16.1. The fourth-order valence-corrected chi connectivity index (χ4v) is 2.58. The third-order valence-corrected chi connectivity index (χ3v) is 3.83. The number of hydrogen-bond donors (Lipinski definition) is 1. The molecule has 5 heteroatoms. The molecule has 1 aliphatic rings. The number of hydrogen-bond acceptors (Lipinski definition) is 5. The normalized spacial score (nSPS) is 14.1. The number of esters is 1. The maximum absolute atomic E-state index is 12.5. The van der Waals surface area contributed by atoms with Gasteiger partial charge in [0.05, 0.1) is 0 Å². The zero-order valence-corrected chi connectivity index (χ0v) is 13.3. The molecule has 0 radical (unpaired) electrons. The maximum Gasteiger partial charge on any atom is 0.305 e. The van der Waals surface area contributed by atoms with E-state index in [2.05, 4.69) is 12.6 Å². The number of carbonyl (C=O) groups is 3. The molecule has 0 spiro atoms. The van der Waals surface area contributed by atoms with Crippen LogP contribution in [0.5, 0.6) is 0 Å². The fourth-order valence-electron chi connectivity index (χ4n) is 2.49. The molecule has 2 rings (SSSR count). The van der Waals surface area contributed by atoms with Crippen LogP contribution in [0.25, 0.3) is 0 Å². The summed E-state index contributed by atoms with van der Waals surface area (Å²) in [6.07, 6.45) is 1.12. The molecule has 0 heterocycles. The van der Waals surface area contributed by atoms with Crippen LogP contribution in [0.1, 0.15) is 46.9 Å². The second-order valence-electron chi connectivity index (χ2n) is 5.11. The molecule has 0 amide bonds. The van der Waals surface area contributed by atoms with Crippen molar-refractivity contribution >= 4 is 30.2 Å². The van der Waals surface area contributed by atoms with Crippen LogP contribution in [0.3, 0.4) is 0 Å². The van der Waals surface area contributed by atoms with Crippen molar-refractivity contribution in [2.75, 3.05) is 12.4 Å². The smallest absolute Gasteiger partial charge is 0.305 e. The Labute approximate surface area is 135 Å². The molecule has 0 saturated heterocycles. The van der Waals surface area contributed by atoms with Crippen LogP contribution in [0.2, 0.25) is 0 Å². The molecule has 0 aromatic heterocycles. The molecule has 0 aliphatic heterocycles. The Bertz CT molecular complexity index is 646. The average Bonchev–Trinajstić information content (AvgIpc) is 2.54. The standard InChI is InChI=1S/C17H18O4S/c1-11-12(7-4-8-15(18)21-9-10-22)17(20)14-6-3-2-5-13(14)16(11)19/h2-3,5-6,22H,4,7-10H2,1H3. The summed E-state index contributed by atoms with van der Waals surface area (Å²) in [6, 6.07) is 6.84. The molecular formula is C17H18O4S. The van der Waals surface area contributed by atoms with E-state index in [0.717, 1.165) is 0 Å². The number of fused-ring (bicyclic) bond motifs is 1. The van der Waals surface area contributed by atoms with Crippen molar-refractivity contribution in [2.45, 2.75) is 26.2 Å². The Balaban J connectivity index is 2.05. The summed E-state index contributed by atoms with van der Waals surface area (Å²) in [6.45, 7) is 1.96. The van der Waals surface area contributed by atoms with E-state index in [0.29, 0.717) is 40.9 Å². The minimum atomic E-state index is -0.303. The quantitative estimate of drug-likeness (QED) is 0.647. The first-order valence-corrected chi connectivity index (χ1v) is 7.84. The van der Waals surface area contributed by atoms with E-state index < -0.39 is 0 Å². The first-order chi connectivity index (χ1) is 10.6. The molecule has 4 nitrogen and oxygen atoms in total. The lowest BCUT2D eigenvalue weighted by atomic mass is 9.83. The molecule has 0 saturated carbocycles. The van der Waals surface area contributed by atoms with Gasteiger partial charge in [-0.3, -0.25) is 14.4 Å². The number of thiol groups is 1. The van der Waals surface area contributed by atoms with Gasteiger partial charge in [-0.05, 0) is 19.8 Å². The van der Waals surface area contributed by atoms with Crippen molar-refractivity contribution < 1.29 is 19.1 Å². The van der Waals surface area contributed by atoms with E-state index in [9.17, 15) is 14.4 Å². The Morgan fingerprint density at radius 1 is 1.14 bits per heavy atom. The molecule has 0 N–H and O–H groups in total. The van der Waals surface area contributed by atoms with Crippen molar-refractivity contribution in [1.82, 2.24) is 0 Å². The Morgan fingerprint density at radius 2 is 1.77 bits per heavy atom. The van der Waals surface area contributed by atoms with E-state index in [1.165, 1.54) is 0 Å². The topological polar surface area (TPSA) is 60.4 Å². The summed E-state index contributed by atoms with van der Waals surface area (Å²) < 4.78 is 4.93. The summed E-state index contributed by atoms with van der Waals surface area (Å²) in [5, 5.41) is 0. The molecule has 1 aromatic carbocycles. The van der Waals surface area contributed by atoms with Gasteiger partial charge < -0.3 is 4.74 Å². The zero-order valence-electron chi connectivity index (χ0n) is 12.4. The fraction of sp³-hybridized carbons (Fsp3) is 0.353. The number of ketones is 2. The van der Waals surface area contributed by atoms with Gasteiger partial charge in [-0.2, -0.15) is 12.6 Å². The van der Waals surface area contributed by atoms with Crippen LogP contribution in [0, 0.1) is 0 Å². The molecule has 22 heavy (non-hydrogen) atoms. The second-order valence-corrected chi connectivity index (χ2v) is 5.55. The van der Waals surface area contributed by atoms with Crippen LogP contribution >= 0.6 is 12.6 Å². The van der Waals surface area contributed by atoms with Gasteiger partial charge in [-0.25, -0.2) is 0 Å². The monoisotopic (exact) mass is 318 g/mol. The van der Waals surface area contributed by atoms with Gasteiger partial charge in [0.2, 0.25) is 0 Å². The van der Waals surface area contributed by atoms with Crippen LogP contribution in [0.15, 0.2) is 35.4 Å². The van der Waals surface area contributed by atoms with Gasteiger partial charge in [0.25, 0.3) is 0 Å². The molecule has 0 atom stereocenters. The van der Waals surface area contributed by atoms with E-state index in [-0.39, 0.29) is 30.6 Å². The van der Waals surface area contributed by atoms with Gasteiger partial charge in [0, 0.05) is 34.4 Å². The van der Waals surface area contributed by atoms with Crippen molar-refractivity contribution in [3.63, 3.8) is 0 Å². The van der Waals surface area contributed by atoms with Crippen molar-refractivity contribution in [1.29, 1.82) is 0 Å². The maximum atomic E-state index is 12.5. The Kier molecular flexibility index (Phi) is 5.55. The van der Waals surface area contributed by atoms with Gasteiger partial charge >= 0.3 is 5.97 Å². The SMILES string of the molecule is CC1=C(CCCC(=O)OCCS)C(=O)c2ccccc2C1=O. The van der Waals surface area contributed by atoms with Gasteiger partial charge in [-0.15, -0.1) is 0 Å². The molecule has 1 aromatic rings. The number of rotatable bonds is 6. The predicted octanol–water partition coefficient (Wildman–Crippen LogP) is 3.03. The highest BCUT2D eigenvalue weighted by atomic mass is 32.1. The summed E-state index contributed by atoms with van der Waals surface area (Å²) in [4.78, 5) is 36.2. The first-order valence-electron chi connectivity index (χ1n) is 7.21. The number of carbonyl (C=O) groups excluding carboxylic acids is 3. The van der Waals surface area contributed by atoms with E-state index in [1.807, 2.05) is 0 Å². The number of allylic oxidation sites excluding steroid dienone is 2. The van der Waals surface area contributed by atoms with Crippen LogP contribution in [0.4, 0.5) is 0 Å². The van der Waals surface area contributed by atoms with Gasteiger partial charge in [-0.1, -0.05) is 24.3 Å². The minimum Gasteiger partial charge on any atom is -0.465 e. The predicted molar refractivity (Wildman–Crippen MR) is 86.5 cm³/mol. The van der Waals surface area contributed by atoms with Crippen molar-refractivity contribution in [3.05, 3.63) is 46.5 Å². The molecule has 0 bridgehead atoms. The van der Waals surface area contributed by atoms with Crippen LogP contribution in [-0.2, 0) is 9.53 Å². The number of benzene rings is 1. The number of ether oxygens (including phenoxy) is 1. The second kappa shape index (κ2) is 7.40. The lowest BCUT2D eigenvalue weighted by Gasteiger charge is -2.18. The molecular weight excluding hydrogens is 300 g/mol. The third kappa shape index (κ3) is 3.47. The largest absolute Gasteiger partial charge is 0.465 e. The van der Waals surface area contributed by atoms with Crippen LogP contribution in [-0.4, -0.2) is 29.9 Å². The van der Waals surface area contributed by atoms with E-state index in [4.69, 9.17) is 4.74 Å². The van der Waals surface area contributed by atoms with Gasteiger partial charge in [0.1, 0.15) is 6.61 Å². The lowest BCUT2D eigenvalue weighted by Crippen LogP contribution is -2.21. The van der Waals surface area contributed by atoms with E-state index >= 15 is 0 Å². The minimum absolute atomic E-state index is 0.108. The third-order valence-electron chi connectivity index (χ3n) is 3.65. The summed E-state index contributed by atoms with van der Waals surface area (Å²) >= 11 is 3.96. The molecule has 116 valence electrons. The highest BCUT2D eigenvalue weighted by molar-refractivity contribution is 7.80. The summed E-state index contributed by atoms with van der Waals surface area (Å²) in [5.41, 5.74) is 1.89. The molecule has 0 fully saturated rings. The van der Waals surface area contributed by atoms with E-state index in [1.54, 1.807) is 31.2 Å². The lowest BCUT2D eigenvalue weighted by molar-refractivity contribution is -0.143. The first kappa shape index (κ1) is 16.5. The molecule has 0 unspecified atom stereocenters.